The molecule has 0 amide bonds. The zero-order valence-electron chi connectivity index (χ0n) is 17.4. The van der Waals surface area contributed by atoms with Crippen LogP contribution in [0.25, 0.3) is 11.1 Å². The van der Waals surface area contributed by atoms with Crippen molar-refractivity contribution in [2.24, 2.45) is 5.92 Å². The minimum Gasteiger partial charge on any atom is -0.457 e. The van der Waals surface area contributed by atoms with Crippen LogP contribution in [0.3, 0.4) is 0 Å². The van der Waals surface area contributed by atoms with Crippen LogP contribution in [0.2, 0.25) is 13.1 Å². The van der Waals surface area contributed by atoms with Gasteiger partial charge in [0, 0.05) is 5.57 Å². The third kappa shape index (κ3) is 7.36. The Morgan fingerprint density at radius 2 is 1.64 bits per heavy atom. The van der Waals surface area contributed by atoms with E-state index in [2.05, 4.69) is 43.0 Å². The summed E-state index contributed by atoms with van der Waals surface area (Å²) in [4.78, 5) is 12.2. The van der Waals surface area contributed by atoms with Gasteiger partial charge in [-0.1, -0.05) is 68.0 Å². The Morgan fingerprint density at radius 3 is 2.18 bits per heavy atom. The quantitative estimate of drug-likeness (QED) is 0.379. The number of rotatable bonds is 8. The number of hydrogen-bond acceptors (Lipinski definition) is 3. The maximum absolute atomic E-state index is 12.2. The van der Waals surface area contributed by atoms with Crippen molar-refractivity contribution < 1.29 is 14.6 Å². The highest BCUT2D eigenvalue weighted by atomic mass is 16.6. The van der Waals surface area contributed by atoms with E-state index in [1.807, 2.05) is 39.0 Å². The number of carbonyl (C=O) groups excluding carboxylic acids is 1. The van der Waals surface area contributed by atoms with Gasteiger partial charge >= 0.3 is 5.97 Å². The van der Waals surface area contributed by atoms with E-state index < -0.39 is 12.5 Å². The van der Waals surface area contributed by atoms with Crippen LogP contribution in [0.4, 0.5) is 0 Å². The Morgan fingerprint density at radius 1 is 1.07 bits per heavy atom. The molecule has 2 aromatic rings. The fraction of sp³-hybridized carbons (Fsp3) is 0.375. The summed E-state index contributed by atoms with van der Waals surface area (Å²) in [6, 6.07) is 18.7. The molecule has 2 aromatic carbocycles. The maximum Gasteiger partial charge on any atom is 0.333 e. The first-order chi connectivity index (χ1) is 13.1. The highest BCUT2D eigenvalue weighted by molar-refractivity contribution is 6.48. The summed E-state index contributed by atoms with van der Waals surface area (Å²) in [6.07, 6.45) is 1.91. The van der Waals surface area contributed by atoms with Crippen molar-refractivity contribution in [1.82, 2.24) is 0 Å². The highest BCUT2D eigenvalue weighted by Crippen LogP contribution is 2.25. The van der Waals surface area contributed by atoms with Gasteiger partial charge in [0.25, 0.3) is 6.92 Å². The molecule has 0 saturated heterocycles. The van der Waals surface area contributed by atoms with Crippen LogP contribution in [0, 0.1) is 5.92 Å². The molecule has 0 spiro atoms. The molecule has 148 valence electrons. The topological polar surface area (TPSA) is 46.5 Å². The molecule has 0 saturated carbocycles. The van der Waals surface area contributed by atoms with Crippen molar-refractivity contribution >= 4 is 12.9 Å². The van der Waals surface area contributed by atoms with Crippen molar-refractivity contribution in [3.05, 3.63) is 72.3 Å². The smallest absolute Gasteiger partial charge is 0.333 e. The minimum absolute atomic E-state index is 0.127. The van der Waals surface area contributed by atoms with Gasteiger partial charge in [-0.2, -0.15) is 0 Å². The van der Waals surface area contributed by atoms with Gasteiger partial charge in [-0.3, -0.25) is 0 Å². The van der Waals surface area contributed by atoms with E-state index in [0.717, 1.165) is 6.42 Å². The predicted octanol–water partition coefficient (Wildman–Crippen LogP) is 5.41. The van der Waals surface area contributed by atoms with Gasteiger partial charge < -0.3 is 9.76 Å². The Balaban J connectivity index is 2.05. The first kappa shape index (κ1) is 22.0. The van der Waals surface area contributed by atoms with Crippen molar-refractivity contribution in [2.45, 2.75) is 52.4 Å². The first-order valence-corrected chi connectivity index (χ1v) is 9.87. The van der Waals surface area contributed by atoms with Crippen molar-refractivity contribution in [1.29, 1.82) is 0 Å². The molecule has 0 aliphatic carbocycles. The normalized spacial score (nSPS) is 12.3. The fourth-order valence-electron chi connectivity index (χ4n) is 3.30. The lowest BCUT2D eigenvalue weighted by atomic mass is 9.62. The van der Waals surface area contributed by atoms with Gasteiger partial charge in [0.1, 0.15) is 5.60 Å². The standard InChI is InChI=1S/C24H31BO3/c1-18(23(26)28-24(2,3)4)15-20(17-25(5)27)16-19-11-13-22(14-12-19)21-9-7-6-8-10-21/h6-14,20,27H,1,15-17H2,2-5H3/t20-/m0/s1. The number of hydrogen-bond donors (Lipinski definition) is 1. The van der Waals surface area contributed by atoms with Gasteiger partial charge in [0.2, 0.25) is 0 Å². The van der Waals surface area contributed by atoms with E-state index in [1.54, 1.807) is 6.82 Å². The van der Waals surface area contributed by atoms with Crippen LogP contribution in [-0.2, 0) is 16.0 Å². The third-order valence-corrected chi connectivity index (χ3v) is 4.48. The number of benzene rings is 2. The largest absolute Gasteiger partial charge is 0.457 e. The molecule has 3 nitrogen and oxygen atoms in total. The molecule has 4 heteroatoms. The zero-order valence-corrected chi connectivity index (χ0v) is 17.4. The minimum atomic E-state index is -0.535. The molecule has 0 radical (unpaired) electrons. The molecule has 0 bridgehead atoms. The number of ether oxygens (including phenoxy) is 1. The van der Waals surface area contributed by atoms with Crippen LogP contribution >= 0.6 is 0 Å². The molecule has 1 N–H and O–H groups in total. The zero-order chi connectivity index (χ0) is 20.7. The summed E-state index contributed by atoms with van der Waals surface area (Å²) >= 11 is 0. The molecule has 2 rings (SSSR count). The predicted molar refractivity (Wildman–Crippen MR) is 117 cm³/mol. The van der Waals surface area contributed by atoms with E-state index in [1.165, 1.54) is 16.7 Å². The fourth-order valence-corrected chi connectivity index (χ4v) is 3.30. The van der Waals surface area contributed by atoms with Crippen LogP contribution in [0.5, 0.6) is 0 Å². The summed E-state index contributed by atoms with van der Waals surface area (Å²) in [5, 5.41) is 9.89. The van der Waals surface area contributed by atoms with Crippen molar-refractivity contribution in [2.75, 3.05) is 0 Å². The molecule has 0 aliphatic rings. The van der Waals surface area contributed by atoms with E-state index in [4.69, 9.17) is 4.74 Å². The number of esters is 1. The van der Waals surface area contributed by atoms with E-state index in [0.29, 0.717) is 18.3 Å². The molecule has 28 heavy (non-hydrogen) atoms. The molecule has 0 aromatic heterocycles. The first-order valence-electron chi connectivity index (χ1n) is 9.87. The second-order valence-electron chi connectivity index (χ2n) is 8.53. The molecule has 0 unspecified atom stereocenters. The molecular formula is C24H31BO3. The lowest BCUT2D eigenvalue weighted by molar-refractivity contribution is -0.150. The summed E-state index contributed by atoms with van der Waals surface area (Å²) < 4.78 is 5.42. The second kappa shape index (κ2) is 9.74. The van der Waals surface area contributed by atoms with Gasteiger partial charge in [0.05, 0.1) is 0 Å². The van der Waals surface area contributed by atoms with Crippen LogP contribution < -0.4 is 0 Å². The molecular weight excluding hydrogens is 347 g/mol. The molecule has 1 atom stereocenters. The van der Waals surface area contributed by atoms with Gasteiger partial charge in [-0.15, -0.1) is 0 Å². The summed E-state index contributed by atoms with van der Waals surface area (Å²) in [6.45, 7) is 10.8. The van der Waals surface area contributed by atoms with E-state index in [9.17, 15) is 9.82 Å². The highest BCUT2D eigenvalue weighted by Gasteiger charge is 2.23. The Kier molecular flexibility index (Phi) is 7.65. The third-order valence-electron chi connectivity index (χ3n) is 4.48. The van der Waals surface area contributed by atoms with E-state index in [-0.39, 0.29) is 11.9 Å². The summed E-state index contributed by atoms with van der Waals surface area (Å²) in [5.41, 5.74) is 3.47. The average Bonchev–Trinajstić information content (AvgIpc) is 2.61. The Hall–Kier alpha value is -2.33. The summed E-state index contributed by atoms with van der Waals surface area (Å²) in [5.74, 6) is -0.231. The SMILES string of the molecule is C=C(C[C@H](CB(C)O)Cc1ccc(-c2ccccc2)cc1)C(=O)OC(C)(C)C. The Labute approximate surface area is 169 Å². The van der Waals surface area contributed by atoms with Crippen molar-refractivity contribution in [3.63, 3.8) is 0 Å². The second-order valence-corrected chi connectivity index (χ2v) is 8.53. The van der Waals surface area contributed by atoms with Crippen LogP contribution in [-0.4, -0.2) is 23.5 Å². The lowest BCUT2D eigenvalue weighted by Crippen LogP contribution is -2.26. The molecule has 0 fully saturated rings. The number of carbonyl (C=O) groups is 1. The maximum atomic E-state index is 12.2. The monoisotopic (exact) mass is 378 g/mol. The average molecular weight is 378 g/mol. The van der Waals surface area contributed by atoms with Gasteiger partial charge in [-0.25, -0.2) is 4.79 Å². The van der Waals surface area contributed by atoms with Crippen molar-refractivity contribution in [3.8, 4) is 11.1 Å². The lowest BCUT2D eigenvalue weighted by Gasteiger charge is -2.23. The molecule has 0 heterocycles. The van der Waals surface area contributed by atoms with Crippen LogP contribution in [0.1, 0.15) is 32.8 Å². The Bertz CT molecular complexity index is 774. The van der Waals surface area contributed by atoms with E-state index >= 15 is 0 Å². The molecule has 0 aliphatic heterocycles. The van der Waals surface area contributed by atoms with Gasteiger partial charge in [-0.05, 0) is 62.5 Å². The summed E-state index contributed by atoms with van der Waals surface area (Å²) in [7, 11) is 0. The van der Waals surface area contributed by atoms with Crippen LogP contribution in [0.15, 0.2) is 66.7 Å². The van der Waals surface area contributed by atoms with Gasteiger partial charge in [0.15, 0.2) is 0 Å².